The number of benzene rings is 4. The molecule has 0 saturated heterocycles. The van der Waals surface area contributed by atoms with Crippen molar-refractivity contribution < 1.29 is 9.90 Å². The van der Waals surface area contributed by atoms with Gasteiger partial charge in [0.05, 0.1) is 17.8 Å². The molecule has 1 aliphatic rings. The molecule has 0 fully saturated rings. The maximum atomic E-state index is 13.1. The summed E-state index contributed by atoms with van der Waals surface area (Å²) in [6.07, 6.45) is 1.89. The van der Waals surface area contributed by atoms with Gasteiger partial charge in [0.2, 0.25) is 5.91 Å². The van der Waals surface area contributed by atoms with Crippen LogP contribution in [0.2, 0.25) is 0 Å². The smallest absolute Gasteiger partial charge is 0.230 e. The summed E-state index contributed by atoms with van der Waals surface area (Å²) in [5.74, 6) is 0.470. The number of fused-ring (bicyclic) bond motifs is 4. The number of aromatic hydroxyl groups is 1. The van der Waals surface area contributed by atoms with Crippen LogP contribution in [0.3, 0.4) is 0 Å². The van der Waals surface area contributed by atoms with Gasteiger partial charge >= 0.3 is 0 Å². The zero-order valence-electron chi connectivity index (χ0n) is 19.0. The van der Waals surface area contributed by atoms with E-state index in [1.807, 2.05) is 48.5 Å². The Morgan fingerprint density at radius 2 is 1.57 bits per heavy atom. The number of amides is 1. The first-order chi connectivity index (χ1) is 17.1. The molecule has 0 radical (unpaired) electrons. The first-order valence-corrected chi connectivity index (χ1v) is 11.7. The van der Waals surface area contributed by atoms with Crippen LogP contribution in [-0.4, -0.2) is 21.0 Å². The largest absolute Gasteiger partial charge is 0.508 e. The van der Waals surface area contributed by atoms with Crippen molar-refractivity contribution in [3.05, 3.63) is 108 Å². The lowest BCUT2D eigenvalue weighted by Crippen LogP contribution is -2.18. The monoisotopic (exact) mass is 457 g/mol. The second-order valence-electron chi connectivity index (χ2n) is 8.83. The number of rotatable bonds is 4. The lowest BCUT2D eigenvalue weighted by molar-refractivity contribution is -0.115. The van der Waals surface area contributed by atoms with Crippen LogP contribution in [-0.2, 0) is 24.1 Å². The highest BCUT2D eigenvalue weighted by molar-refractivity contribution is 5.96. The van der Waals surface area contributed by atoms with E-state index in [0.717, 1.165) is 51.7 Å². The molecule has 0 saturated carbocycles. The summed E-state index contributed by atoms with van der Waals surface area (Å²) in [4.78, 5) is 23.0. The number of carbonyl (C=O) groups is 1. The molecule has 0 atom stereocenters. The van der Waals surface area contributed by atoms with Gasteiger partial charge in [0.15, 0.2) is 5.82 Å². The minimum absolute atomic E-state index is 0.147. The van der Waals surface area contributed by atoms with Gasteiger partial charge in [-0.25, -0.2) is 9.97 Å². The molecule has 35 heavy (non-hydrogen) atoms. The van der Waals surface area contributed by atoms with Crippen LogP contribution in [0.1, 0.15) is 16.8 Å². The molecule has 5 nitrogen and oxygen atoms in total. The van der Waals surface area contributed by atoms with Gasteiger partial charge in [0.1, 0.15) is 11.4 Å². The van der Waals surface area contributed by atoms with Gasteiger partial charge in [-0.2, -0.15) is 0 Å². The highest BCUT2D eigenvalue weighted by Crippen LogP contribution is 2.36. The van der Waals surface area contributed by atoms with E-state index in [0.29, 0.717) is 11.5 Å². The summed E-state index contributed by atoms with van der Waals surface area (Å²) in [5.41, 5.74) is 6.37. The second kappa shape index (κ2) is 8.69. The molecule has 170 valence electrons. The van der Waals surface area contributed by atoms with E-state index in [2.05, 4.69) is 23.5 Å². The van der Waals surface area contributed by atoms with Gasteiger partial charge in [-0.3, -0.25) is 4.79 Å². The predicted molar refractivity (Wildman–Crippen MR) is 138 cm³/mol. The van der Waals surface area contributed by atoms with Crippen LogP contribution in [0.15, 0.2) is 91.0 Å². The first kappa shape index (κ1) is 21.1. The van der Waals surface area contributed by atoms with Crippen molar-refractivity contribution in [1.29, 1.82) is 0 Å². The second-order valence-corrected chi connectivity index (χ2v) is 8.83. The Labute approximate surface area is 203 Å². The van der Waals surface area contributed by atoms with Crippen molar-refractivity contribution in [3.63, 3.8) is 0 Å². The number of phenols is 1. The Bertz CT molecular complexity index is 1580. The van der Waals surface area contributed by atoms with Crippen molar-refractivity contribution >= 4 is 22.5 Å². The summed E-state index contributed by atoms with van der Waals surface area (Å²) in [6.45, 7) is 0. The number of phenolic OH excluding ortho intramolecular Hbond substituents is 1. The van der Waals surface area contributed by atoms with E-state index in [-0.39, 0.29) is 18.1 Å². The normalized spacial score (nSPS) is 12.1. The fourth-order valence-electron chi connectivity index (χ4n) is 4.70. The number of aromatic nitrogens is 2. The molecule has 0 bridgehead atoms. The minimum atomic E-state index is -0.147. The molecule has 1 aromatic heterocycles. The average molecular weight is 458 g/mol. The third-order valence-corrected chi connectivity index (χ3v) is 6.45. The predicted octanol–water partition coefficient (Wildman–Crippen LogP) is 5.95. The molecule has 6 rings (SSSR count). The summed E-state index contributed by atoms with van der Waals surface area (Å²) in [7, 11) is 0. The molecule has 0 spiro atoms. The fourth-order valence-corrected chi connectivity index (χ4v) is 4.70. The molecule has 0 aliphatic heterocycles. The molecule has 4 aromatic carbocycles. The highest BCUT2D eigenvalue weighted by Gasteiger charge is 2.23. The van der Waals surface area contributed by atoms with Crippen molar-refractivity contribution in [1.82, 2.24) is 9.97 Å². The molecule has 5 heteroatoms. The van der Waals surface area contributed by atoms with Crippen LogP contribution in [0.5, 0.6) is 5.75 Å². The van der Waals surface area contributed by atoms with Crippen molar-refractivity contribution in [2.75, 3.05) is 5.32 Å². The average Bonchev–Trinajstić information content (AvgIpc) is 2.88. The number of hydrogen-bond donors (Lipinski definition) is 2. The highest BCUT2D eigenvalue weighted by atomic mass is 16.3. The zero-order valence-corrected chi connectivity index (χ0v) is 19.0. The molecular weight excluding hydrogens is 434 g/mol. The van der Waals surface area contributed by atoms with Crippen LogP contribution < -0.4 is 5.32 Å². The van der Waals surface area contributed by atoms with Crippen LogP contribution in [0.4, 0.5) is 5.82 Å². The van der Waals surface area contributed by atoms with Crippen LogP contribution in [0, 0.1) is 0 Å². The number of hydrogen-bond acceptors (Lipinski definition) is 4. The van der Waals surface area contributed by atoms with E-state index in [4.69, 9.17) is 9.97 Å². The lowest BCUT2D eigenvalue weighted by Gasteiger charge is -2.21. The van der Waals surface area contributed by atoms with E-state index in [9.17, 15) is 9.90 Å². The molecule has 1 aliphatic carbocycles. The molecule has 2 N–H and O–H groups in total. The third-order valence-electron chi connectivity index (χ3n) is 6.45. The van der Waals surface area contributed by atoms with Crippen molar-refractivity contribution in [3.8, 4) is 28.3 Å². The van der Waals surface area contributed by atoms with Gasteiger partial charge in [-0.15, -0.1) is 0 Å². The van der Waals surface area contributed by atoms with Gasteiger partial charge in [-0.05, 0) is 59.0 Å². The fraction of sp³-hybridized carbons (Fsp3) is 0.100. The number of anilines is 1. The van der Waals surface area contributed by atoms with Gasteiger partial charge in [-0.1, -0.05) is 66.7 Å². The van der Waals surface area contributed by atoms with E-state index in [1.54, 1.807) is 24.3 Å². The number of carbonyl (C=O) groups excluding carboxylic acids is 1. The summed E-state index contributed by atoms with van der Waals surface area (Å²) < 4.78 is 0. The lowest BCUT2D eigenvalue weighted by atomic mass is 9.91. The third kappa shape index (κ3) is 4.13. The summed E-state index contributed by atoms with van der Waals surface area (Å²) in [6, 6.07) is 29.2. The van der Waals surface area contributed by atoms with Gasteiger partial charge < -0.3 is 10.4 Å². The van der Waals surface area contributed by atoms with E-state index < -0.39 is 0 Å². The van der Waals surface area contributed by atoms with Crippen molar-refractivity contribution in [2.24, 2.45) is 0 Å². The minimum Gasteiger partial charge on any atom is -0.508 e. The number of nitrogens with one attached hydrogen (secondary N) is 1. The van der Waals surface area contributed by atoms with Gasteiger partial charge in [0, 0.05) is 11.1 Å². The Hall–Kier alpha value is -4.51. The first-order valence-electron chi connectivity index (χ1n) is 11.7. The molecule has 5 aromatic rings. The van der Waals surface area contributed by atoms with Crippen molar-refractivity contribution in [2.45, 2.75) is 19.3 Å². The van der Waals surface area contributed by atoms with E-state index in [1.165, 1.54) is 5.56 Å². The number of nitrogens with zero attached hydrogens (tertiary/aromatic N) is 2. The molecule has 1 heterocycles. The topological polar surface area (TPSA) is 75.1 Å². The van der Waals surface area contributed by atoms with Crippen LogP contribution >= 0.6 is 0 Å². The van der Waals surface area contributed by atoms with E-state index >= 15 is 0 Å². The molecule has 1 amide bonds. The molecule has 0 unspecified atom stereocenters. The Morgan fingerprint density at radius 3 is 2.43 bits per heavy atom. The Kier molecular flexibility index (Phi) is 5.23. The Balaban J connectivity index is 1.37. The molecular formula is C30H23N3O2. The maximum absolute atomic E-state index is 13.1. The summed E-state index contributed by atoms with van der Waals surface area (Å²) in [5, 5.41) is 15.0. The van der Waals surface area contributed by atoms with Gasteiger partial charge in [0.25, 0.3) is 0 Å². The zero-order chi connectivity index (χ0) is 23.8. The standard InChI is InChI=1S/C30H23N3O2/c34-24-14-11-22(12-15-24)28-30(31-26-16-13-21-6-3-4-8-25(21)29(26)33-28)32-27(35)18-19-9-10-20-5-1-2-7-23(20)17-19/h1-12,14-15,17,34H,13,16,18H2,(H,31,32,35). The quantitative estimate of drug-likeness (QED) is 0.350. The van der Waals surface area contributed by atoms with Crippen LogP contribution in [0.25, 0.3) is 33.3 Å². The maximum Gasteiger partial charge on any atom is 0.230 e. The summed E-state index contributed by atoms with van der Waals surface area (Å²) >= 11 is 0. The Morgan fingerprint density at radius 1 is 0.800 bits per heavy atom. The SMILES string of the molecule is O=C(Cc1ccc2ccccc2c1)Nc1nc2c(nc1-c1ccc(O)cc1)-c1ccccc1CC2. The number of aryl methyl sites for hydroxylation is 2.